The molecule has 102 valence electrons. The first-order chi connectivity index (χ1) is 9.17. The van der Waals surface area contributed by atoms with E-state index in [0.29, 0.717) is 25.2 Å². The minimum absolute atomic E-state index is 0.150. The molecule has 0 fully saturated rings. The zero-order valence-corrected chi connectivity index (χ0v) is 11.1. The molecule has 3 N–H and O–H groups in total. The van der Waals surface area contributed by atoms with Gasteiger partial charge in [-0.3, -0.25) is 9.59 Å². The van der Waals surface area contributed by atoms with Crippen LogP contribution < -0.4 is 16.0 Å². The molecule has 0 saturated heterocycles. The fourth-order valence-electron chi connectivity index (χ4n) is 2.28. The highest BCUT2D eigenvalue weighted by Gasteiger charge is 2.31. The number of nitrogens with zero attached hydrogens (tertiary/aromatic N) is 1. The van der Waals surface area contributed by atoms with E-state index in [0.717, 1.165) is 17.5 Å². The van der Waals surface area contributed by atoms with Gasteiger partial charge in [0.05, 0.1) is 18.7 Å². The van der Waals surface area contributed by atoms with Crippen molar-refractivity contribution in [1.29, 1.82) is 0 Å². The predicted molar refractivity (Wildman–Crippen MR) is 73.9 cm³/mol. The lowest BCUT2D eigenvalue weighted by molar-refractivity contribution is -0.125. The Morgan fingerprint density at radius 3 is 2.95 bits per heavy atom. The quantitative estimate of drug-likeness (QED) is 0.794. The van der Waals surface area contributed by atoms with E-state index >= 15 is 0 Å². The van der Waals surface area contributed by atoms with Gasteiger partial charge in [0.1, 0.15) is 0 Å². The van der Waals surface area contributed by atoms with Crippen molar-refractivity contribution in [2.75, 3.05) is 24.5 Å². The van der Waals surface area contributed by atoms with Crippen LogP contribution >= 0.6 is 0 Å². The molecule has 2 amide bonds. The highest BCUT2D eigenvalue weighted by Crippen LogP contribution is 2.29. The van der Waals surface area contributed by atoms with Gasteiger partial charge in [0.2, 0.25) is 11.8 Å². The number of nitrogens with two attached hydrogens (primary N) is 1. The molecule has 5 heteroatoms. The lowest BCUT2D eigenvalue weighted by Crippen LogP contribution is -2.40. The van der Waals surface area contributed by atoms with Gasteiger partial charge in [-0.2, -0.15) is 0 Å². The molecule has 0 atom stereocenters. The van der Waals surface area contributed by atoms with Gasteiger partial charge in [0, 0.05) is 0 Å². The summed E-state index contributed by atoms with van der Waals surface area (Å²) in [6.45, 7) is 3.39. The van der Waals surface area contributed by atoms with Gasteiger partial charge in [-0.25, -0.2) is 4.90 Å². The molecule has 0 bridgehead atoms. The number of carbonyl (C=O) groups excluding carboxylic acids is 2. The molecule has 0 spiro atoms. The first-order valence-corrected chi connectivity index (χ1v) is 6.55. The normalized spacial score (nSPS) is 13.8. The van der Waals surface area contributed by atoms with E-state index in [2.05, 4.69) is 5.32 Å². The van der Waals surface area contributed by atoms with Crippen molar-refractivity contribution in [2.24, 2.45) is 5.73 Å². The van der Waals surface area contributed by atoms with Crippen LogP contribution in [-0.2, 0) is 22.4 Å². The topological polar surface area (TPSA) is 75.4 Å². The first kappa shape index (κ1) is 13.7. The van der Waals surface area contributed by atoms with E-state index < -0.39 is 0 Å². The van der Waals surface area contributed by atoms with Crippen LogP contribution in [0.2, 0.25) is 0 Å². The van der Waals surface area contributed by atoms with Crippen molar-refractivity contribution in [3.05, 3.63) is 29.3 Å². The van der Waals surface area contributed by atoms with Gasteiger partial charge in [-0.15, -0.1) is 0 Å². The summed E-state index contributed by atoms with van der Waals surface area (Å²) in [7, 11) is 0. The van der Waals surface area contributed by atoms with Gasteiger partial charge < -0.3 is 11.1 Å². The van der Waals surface area contributed by atoms with E-state index in [1.165, 1.54) is 4.90 Å². The summed E-state index contributed by atoms with van der Waals surface area (Å²) in [5.74, 6) is -0.347. The number of imide groups is 1. The maximum Gasteiger partial charge on any atom is 0.247 e. The molecule has 1 aromatic rings. The van der Waals surface area contributed by atoms with Gasteiger partial charge in [0.15, 0.2) is 0 Å². The van der Waals surface area contributed by atoms with Crippen LogP contribution in [-0.4, -0.2) is 31.4 Å². The molecule has 2 rings (SSSR count). The molecule has 0 radical (unpaired) electrons. The minimum Gasteiger partial charge on any atom is -0.330 e. The first-order valence-electron chi connectivity index (χ1n) is 6.55. The molecular weight excluding hydrogens is 242 g/mol. The van der Waals surface area contributed by atoms with Gasteiger partial charge in [0.25, 0.3) is 0 Å². The van der Waals surface area contributed by atoms with Gasteiger partial charge >= 0.3 is 0 Å². The SMILES string of the molecule is CCNCC(=O)N1C(=O)Cc2cc(CCN)ccc21. The fourth-order valence-corrected chi connectivity index (χ4v) is 2.28. The number of benzene rings is 1. The second-order valence-corrected chi connectivity index (χ2v) is 4.58. The third-order valence-electron chi connectivity index (χ3n) is 3.18. The van der Waals surface area contributed by atoms with Crippen molar-refractivity contribution in [1.82, 2.24) is 5.32 Å². The van der Waals surface area contributed by atoms with E-state index in [9.17, 15) is 9.59 Å². The van der Waals surface area contributed by atoms with Crippen molar-refractivity contribution in [3.8, 4) is 0 Å². The van der Waals surface area contributed by atoms with Crippen LogP contribution in [0, 0.1) is 0 Å². The van der Waals surface area contributed by atoms with Crippen LogP contribution in [0.25, 0.3) is 0 Å². The maximum absolute atomic E-state index is 12.0. The largest absolute Gasteiger partial charge is 0.330 e. The average molecular weight is 261 g/mol. The maximum atomic E-state index is 12.0. The van der Waals surface area contributed by atoms with E-state index in [1.807, 2.05) is 25.1 Å². The molecule has 1 aromatic carbocycles. The number of hydrogen-bond acceptors (Lipinski definition) is 4. The molecule has 1 aliphatic rings. The summed E-state index contributed by atoms with van der Waals surface area (Å²) in [5.41, 5.74) is 8.26. The fraction of sp³-hybridized carbons (Fsp3) is 0.429. The number of anilines is 1. The molecule has 0 unspecified atom stereocenters. The third kappa shape index (κ3) is 2.83. The Morgan fingerprint density at radius 2 is 2.26 bits per heavy atom. The Morgan fingerprint density at radius 1 is 1.47 bits per heavy atom. The van der Waals surface area contributed by atoms with Gasteiger partial charge in [-0.05, 0) is 36.7 Å². The Bertz CT molecular complexity index is 499. The van der Waals surface area contributed by atoms with E-state index in [-0.39, 0.29) is 18.4 Å². The minimum atomic E-state index is -0.197. The molecule has 0 aromatic heterocycles. The summed E-state index contributed by atoms with van der Waals surface area (Å²) >= 11 is 0. The van der Waals surface area contributed by atoms with Crippen LogP contribution in [0.3, 0.4) is 0 Å². The number of rotatable bonds is 5. The smallest absolute Gasteiger partial charge is 0.247 e. The van der Waals surface area contributed by atoms with Crippen molar-refractivity contribution >= 4 is 17.5 Å². The lowest BCUT2D eigenvalue weighted by atomic mass is 10.1. The molecule has 19 heavy (non-hydrogen) atoms. The van der Waals surface area contributed by atoms with Crippen molar-refractivity contribution in [3.63, 3.8) is 0 Å². The molecule has 5 nitrogen and oxygen atoms in total. The molecule has 1 aliphatic heterocycles. The predicted octanol–water partition coefficient (Wildman–Crippen LogP) is 0.213. The molecule has 0 saturated carbocycles. The lowest BCUT2D eigenvalue weighted by Gasteiger charge is -2.16. The van der Waals surface area contributed by atoms with Crippen molar-refractivity contribution < 1.29 is 9.59 Å². The van der Waals surface area contributed by atoms with E-state index in [1.54, 1.807) is 0 Å². The Balaban J connectivity index is 2.21. The molecule has 1 heterocycles. The average Bonchev–Trinajstić information content (AvgIpc) is 2.71. The summed E-state index contributed by atoms with van der Waals surface area (Å²) < 4.78 is 0. The Hall–Kier alpha value is -1.72. The molecule has 0 aliphatic carbocycles. The van der Waals surface area contributed by atoms with Gasteiger partial charge in [-0.1, -0.05) is 19.1 Å². The van der Waals surface area contributed by atoms with Crippen LogP contribution in [0.5, 0.6) is 0 Å². The number of nitrogens with one attached hydrogen (secondary N) is 1. The zero-order valence-electron chi connectivity index (χ0n) is 11.1. The van der Waals surface area contributed by atoms with Crippen LogP contribution in [0.1, 0.15) is 18.1 Å². The van der Waals surface area contributed by atoms with E-state index in [4.69, 9.17) is 5.73 Å². The zero-order chi connectivity index (χ0) is 13.8. The second kappa shape index (κ2) is 5.95. The highest BCUT2D eigenvalue weighted by atomic mass is 16.2. The second-order valence-electron chi connectivity index (χ2n) is 4.58. The summed E-state index contributed by atoms with van der Waals surface area (Å²) in [6.07, 6.45) is 1.08. The standard InChI is InChI=1S/C14H19N3O2/c1-2-16-9-14(19)17-12-4-3-10(5-6-15)7-11(12)8-13(17)18/h3-4,7,16H,2,5-6,8-9,15H2,1H3. The number of carbonyl (C=O) groups is 2. The summed E-state index contributed by atoms with van der Waals surface area (Å²) in [5, 5.41) is 2.95. The summed E-state index contributed by atoms with van der Waals surface area (Å²) in [6, 6.07) is 5.74. The highest BCUT2D eigenvalue weighted by molar-refractivity contribution is 6.19. The Labute approximate surface area is 112 Å². The van der Waals surface area contributed by atoms with Crippen LogP contribution in [0.4, 0.5) is 5.69 Å². The number of hydrogen-bond donors (Lipinski definition) is 2. The van der Waals surface area contributed by atoms with Crippen LogP contribution in [0.15, 0.2) is 18.2 Å². The monoisotopic (exact) mass is 261 g/mol. The number of amides is 2. The molecular formula is C14H19N3O2. The van der Waals surface area contributed by atoms with Crippen molar-refractivity contribution in [2.45, 2.75) is 19.8 Å². The number of fused-ring (bicyclic) bond motifs is 1. The third-order valence-corrected chi connectivity index (χ3v) is 3.18. The Kier molecular flexibility index (Phi) is 4.29. The summed E-state index contributed by atoms with van der Waals surface area (Å²) in [4.78, 5) is 25.3. The number of likely N-dealkylation sites (N-methyl/N-ethyl adjacent to an activating group) is 1.